The molecule has 2 aliphatic rings. The van der Waals surface area contributed by atoms with E-state index in [1.54, 1.807) is 0 Å². The number of fused-ring (bicyclic) bond motifs is 14. The maximum absolute atomic E-state index is 2.46. The van der Waals surface area contributed by atoms with Gasteiger partial charge in [0.2, 0.25) is 0 Å². The van der Waals surface area contributed by atoms with Crippen LogP contribution in [0.4, 0.5) is 0 Å². The van der Waals surface area contributed by atoms with E-state index in [1.807, 2.05) is 0 Å². The van der Waals surface area contributed by atoms with E-state index in [2.05, 4.69) is 404 Å². The Bertz CT molecular complexity index is 6770. The number of rotatable bonds is 8. The van der Waals surface area contributed by atoms with Crippen LogP contribution in [0.1, 0.15) is 49.9 Å². The molecule has 0 heterocycles. The summed E-state index contributed by atoms with van der Waals surface area (Å²) >= 11 is 0. The lowest BCUT2D eigenvalue weighted by Crippen LogP contribution is -2.14. The number of hydrogen-bond donors (Lipinski definition) is 0. The molecular formula is C106H74. The highest BCUT2D eigenvalue weighted by Gasteiger charge is 2.37. The second kappa shape index (κ2) is 24.9. The molecule has 0 saturated heterocycles. The van der Waals surface area contributed by atoms with Gasteiger partial charge >= 0.3 is 0 Å². The average Bonchev–Trinajstić information content (AvgIpc) is 1.29. The topological polar surface area (TPSA) is 0 Å². The van der Waals surface area contributed by atoms with Gasteiger partial charge in [-0.15, -0.1) is 0 Å². The Morgan fingerprint density at radius 1 is 0.142 bits per heavy atom. The molecule has 0 nitrogen and oxygen atoms in total. The summed E-state index contributed by atoms with van der Waals surface area (Å²) in [5, 5.41) is 17.8. The van der Waals surface area contributed by atoms with Crippen molar-refractivity contribution in [2.24, 2.45) is 0 Å². The number of hydrogen-bond acceptors (Lipinski definition) is 0. The fourth-order valence-electron chi connectivity index (χ4n) is 18.3. The van der Waals surface area contributed by atoms with Gasteiger partial charge in [0, 0.05) is 10.8 Å². The van der Waals surface area contributed by atoms with Gasteiger partial charge in [-0.2, -0.15) is 0 Å². The van der Waals surface area contributed by atoms with E-state index in [9.17, 15) is 0 Å². The molecule has 0 N–H and O–H groups in total. The molecule has 0 atom stereocenters. The number of benzene rings is 19. The molecule has 21 rings (SSSR count). The molecule has 106 heavy (non-hydrogen) atoms. The van der Waals surface area contributed by atoms with Crippen LogP contribution < -0.4 is 0 Å². The third-order valence-corrected chi connectivity index (χ3v) is 23.5. The molecular weight excluding hydrogens is 1270 g/mol. The molecule has 0 unspecified atom stereocenters. The van der Waals surface area contributed by atoms with E-state index >= 15 is 0 Å². The minimum Gasteiger partial charge on any atom is -0.0622 e. The van der Waals surface area contributed by atoms with E-state index in [-0.39, 0.29) is 10.8 Å². The van der Waals surface area contributed by atoms with Gasteiger partial charge in [-0.3, -0.25) is 0 Å². The summed E-state index contributed by atoms with van der Waals surface area (Å²) in [5.41, 5.74) is 30.9. The molecule has 0 aromatic heterocycles. The minimum absolute atomic E-state index is 0.0309. The normalized spacial score (nSPS) is 13.1. The largest absolute Gasteiger partial charge is 0.0622 e. The van der Waals surface area contributed by atoms with Gasteiger partial charge in [0.15, 0.2) is 0 Å². The summed E-state index contributed by atoms with van der Waals surface area (Å²) in [4.78, 5) is 0. The van der Waals surface area contributed by atoms with Gasteiger partial charge in [-0.05, 0) is 251 Å². The Morgan fingerprint density at radius 2 is 0.453 bits per heavy atom. The molecule has 0 bridgehead atoms. The maximum atomic E-state index is 2.46. The van der Waals surface area contributed by atoms with E-state index in [0.717, 1.165) is 0 Å². The first-order chi connectivity index (χ1) is 52.1. The van der Waals surface area contributed by atoms with Crippen molar-refractivity contribution in [1.29, 1.82) is 0 Å². The summed E-state index contributed by atoms with van der Waals surface area (Å²) < 4.78 is 0. The van der Waals surface area contributed by atoms with Crippen LogP contribution in [0.2, 0.25) is 0 Å². The van der Waals surface area contributed by atoms with Crippen molar-refractivity contribution in [2.75, 3.05) is 0 Å². The molecule has 0 radical (unpaired) electrons. The first kappa shape index (κ1) is 62.8. The zero-order chi connectivity index (χ0) is 70.8. The van der Waals surface area contributed by atoms with Crippen LogP contribution >= 0.6 is 0 Å². The molecule has 2 aliphatic carbocycles. The summed E-state index contributed by atoms with van der Waals surface area (Å²) in [7, 11) is 0. The highest BCUT2D eigenvalue weighted by molar-refractivity contribution is 6.24. The first-order valence-electron chi connectivity index (χ1n) is 37.3. The summed E-state index contributed by atoms with van der Waals surface area (Å²) in [5.74, 6) is 0. The predicted octanol–water partition coefficient (Wildman–Crippen LogP) is 29.4. The van der Waals surface area contributed by atoms with Crippen LogP contribution in [0.5, 0.6) is 0 Å². The molecule has 0 amide bonds. The van der Waals surface area contributed by atoms with Crippen LogP contribution in [0.3, 0.4) is 0 Å². The first-order valence-corrected chi connectivity index (χ1v) is 37.3. The summed E-state index contributed by atoms with van der Waals surface area (Å²) in [6.45, 7) is 9.43. The Hall–Kier alpha value is -13.0. The molecule has 498 valence electrons. The fourth-order valence-corrected chi connectivity index (χ4v) is 18.3. The van der Waals surface area contributed by atoms with Gasteiger partial charge in [-0.1, -0.05) is 361 Å². The van der Waals surface area contributed by atoms with Gasteiger partial charge in [0.25, 0.3) is 0 Å². The van der Waals surface area contributed by atoms with E-state index in [1.165, 1.54) is 209 Å². The Morgan fingerprint density at radius 3 is 0.943 bits per heavy atom. The van der Waals surface area contributed by atoms with Crippen molar-refractivity contribution in [3.05, 3.63) is 398 Å². The average molecular weight is 1350 g/mol. The summed E-state index contributed by atoms with van der Waals surface area (Å²) in [6.07, 6.45) is 0. The second-order valence-electron chi connectivity index (χ2n) is 30.1. The Labute approximate surface area is 619 Å². The third kappa shape index (κ3) is 10.2. The van der Waals surface area contributed by atoms with Crippen molar-refractivity contribution in [1.82, 2.24) is 0 Å². The smallest absolute Gasteiger partial charge is 0.0158 e. The van der Waals surface area contributed by atoms with E-state index in [0.29, 0.717) is 0 Å². The maximum Gasteiger partial charge on any atom is 0.0158 e. The van der Waals surface area contributed by atoms with Gasteiger partial charge < -0.3 is 0 Å². The molecule has 0 aliphatic heterocycles. The monoisotopic (exact) mass is 1350 g/mol. The molecule has 0 heteroatoms. The lowest BCUT2D eigenvalue weighted by molar-refractivity contribution is 0.660. The molecule has 0 fully saturated rings. The van der Waals surface area contributed by atoms with Crippen LogP contribution in [0.25, 0.3) is 187 Å². The van der Waals surface area contributed by atoms with Gasteiger partial charge in [-0.25, -0.2) is 0 Å². The summed E-state index contributed by atoms with van der Waals surface area (Å²) in [6, 6.07) is 140. The Balaban J connectivity index is 0.000000141. The molecule has 0 spiro atoms. The van der Waals surface area contributed by atoms with Crippen molar-refractivity contribution >= 4 is 75.4 Å². The molecule has 19 aromatic rings. The fraction of sp³-hybridized carbons (Fsp3) is 0.0566. The van der Waals surface area contributed by atoms with Crippen LogP contribution in [0.15, 0.2) is 376 Å². The van der Waals surface area contributed by atoms with Gasteiger partial charge in [0.05, 0.1) is 0 Å². The third-order valence-electron chi connectivity index (χ3n) is 23.5. The predicted molar refractivity (Wildman–Crippen MR) is 454 cm³/mol. The highest BCUT2D eigenvalue weighted by Crippen LogP contribution is 2.55. The SMILES string of the molecule is CC1(C)c2ccccc2-c2cc(-c3c4ccccc4c(-c4ccc(-c5cc6ccccc6c6ccccc56)cc4)c4ccc(-c5ccccc5)cc34)ccc21.CC1(C)c2ccccc2-c2cc(-c3c4ccccc4c(-c4ccc5cc(-c6ccccc6)ccc5c4)c4ccc(-c5ccccc5)cc34)ccc21. The quantitative estimate of drug-likeness (QED) is 0.105. The minimum atomic E-state index is -0.0375. The van der Waals surface area contributed by atoms with E-state index in [4.69, 9.17) is 0 Å². The highest BCUT2D eigenvalue weighted by atomic mass is 14.4. The zero-order valence-electron chi connectivity index (χ0n) is 59.8. The van der Waals surface area contributed by atoms with Crippen LogP contribution in [-0.2, 0) is 10.8 Å². The second-order valence-corrected chi connectivity index (χ2v) is 30.1. The molecule has 0 saturated carbocycles. The van der Waals surface area contributed by atoms with Crippen molar-refractivity contribution < 1.29 is 0 Å². The van der Waals surface area contributed by atoms with Crippen LogP contribution in [-0.4, -0.2) is 0 Å². The van der Waals surface area contributed by atoms with Crippen molar-refractivity contribution in [2.45, 2.75) is 38.5 Å². The lowest BCUT2D eigenvalue weighted by Gasteiger charge is -2.22. The van der Waals surface area contributed by atoms with Gasteiger partial charge in [0.1, 0.15) is 0 Å². The molecule has 19 aromatic carbocycles. The standard InChI is InChI=1S/C55H38.C51H36/c1-55(2)51-23-13-12-20-44(51)49-34-40(29-31-52(49)55)54-46-22-11-10-21-45(46)53(47-30-28-38(32-50(47)54)35-14-4-3-5-15-35)37-26-24-36(25-27-37)48-33-39-16-6-7-17-41(39)42-18-8-9-19-43(42)48;1-51(2)47-20-12-11-17-41(47)45-32-40(26-28-48(45)51)50-43-19-10-9-18-42(43)49(44-27-25-38(31-46(44)50)34-15-7-4-8-16-34)39-24-23-36-29-35(21-22-37(36)30-39)33-13-5-3-6-14-33/h3-34H,1-2H3;3-32H,1-2H3. The van der Waals surface area contributed by atoms with Crippen molar-refractivity contribution in [3.63, 3.8) is 0 Å². The van der Waals surface area contributed by atoms with Crippen LogP contribution in [0, 0.1) is 0 Å². The van der Waals surface area contributed by atoms with E-state index < -0.39 is 0 Å². The van der Waals surface area contributed by atoms with Crippen molar-refractivity contribution in [3.8, 4) is 111 Å². The Kier molecular flexibility index (Phi) is 14.7. The lowest BCUT2D eigenvalue weighted by atomic mass is 9.81. The zero-order valence-corrected chi connectivity index (χ0v) is 59.8.